The van der Waals surface area contributed by atoms with Crippen molar-refractivity contribution in [1.82, 2.24) is 15.0 Å². The minimum absolute atomic E-state index is 0.630. The summed E-state index contributed by atoms with van der Waals surface area (Å²) in [5.74, 6) is 1.91. The molecule has 3 nitrogen and oxygen atoms in total. The highest BCUT2D eigenvalue weighted by molar-refractivity contribution is 6.21. The van der Waals surface area contributed by atoms with Gasteiger partial charge in [-0.05, 0) is 82.9 Å². The first-order chi connectivity index (χ1) is 29.7. The standard InChI is InChI=1S/C57H37N3/c1-3-16-40(17-4-1)47-21-9-14-26-52(47)57-59-55(43-18-5-2-6-19-43)58-56(60-57)44-34-32-42(33-35-44)54-50-24-12-10-22-48(50)53(49-23-11-13-25-51(49)54)41-30-27-39(28-31-41)46-36-29-38-15-7-8-20-45(38)37-46/h1-37H. The van der Waals surface area contributed by atoms with Crippen molar-refractivity contribution in [3.63, 3.8) is 0 Å². The third-order valence-electron chi connectivity index (χ3n) is 11.5. The van der Waals surface area contributed by atoms with Crippen LogP contribution in [-0.2, 0) is 0 Å². The summed E-state index contributed by atoms with van der Waals surface area (Å²) < 4.78 is 0. The highest BCUT2D eigenvalue weighted by Crippen LogP contribution is 2.44. The van der Waals surface area contributed by atoms with E-state index in [0.29, 0.717) is 17.5 Å². The third-order valence-corrected chi connectivity index (χ3v) is 11.5. The molecule has 0 radical (unpaired) electrons. The fourth-order valence-electron chi connectivity index (χ4n) is 8.62. The SMILES string of the molecule is c1ccc(-c2nc(-c3ccc(-c4c5ccccc5c(-c5ccc(-c6ccc7ccccc7c6)cc5)c5ccccc45)cc3)nc(-c3ccccc3-c3ccccc3)n2)cc1. The number of rotatable bonds is 7. The largest absolute Gasteiger partial charge is 0.208 e. The molecule has 0 amide bonds. The van der Waals surface area contributed by atoms with Gasteiger partial charge in [0, 0.05) is 16.7 Å². The summed E-state index contributed by atoms with van der Waals surface area (Å²) in [6, 6.07) is 79.5. The van der Waals surface area contributed by atoms with Crippen molar-refractivity contribution in [3.8, 4) is 78.7 Å². The maximum absolute atomic E-state index is 5.15. The number of hydrogen-bond donors (Lipinski definition) is 0. The lowest BCUT2D eigenvalue weighted by Gasteiger charge is -2.18. The molecule has 60 heavy (non-hydrogen) atoms. The smallest absolute Gasteiger partial charge is 0.164 e. The van der Waals surface area contributed by atoms with Gasteiger partial charge in [0.2, 0.25) is 0 Å². The summed E-state index contributed by atoms with van der Waals surface area (Å²) in [6.45, 7) is 0. The lowest BCUT2D eigenvalue weighted by Crippen LogP contribution is -2.01. The van der Waals surface area contributed by atoms with Gasteiger partial charge in [0.25, 0.3) is 0 Å². The molecule has 1 aromatic heterocycles. The first-order valence-electron chi connectivity index (χ1n) is 20.4. The van der Waals surface area contributed by atoms with E-state index in [1.807, 2.05) is 42.5 Å². The summed E-state index contributed by atoms with van der Waals surface area (Å²) in [5.41, 5.74) is 12.2. The van der Waals surface area contributed by atoms with Crippen LogP contribution in [0.1, 0.15) is 0 Å². The van der Waals surface area contributed by atoms with Crippen LogP contribution in [0.25, 0.3) is 111 Å². The predicted octanol–water partition coefficient (Wildman–Crippen LogP) is 15.0. The molecular formula is C57H37N3. The maximum atomic E-state index is 5.15. The van der Waals surface area contributed by atoms with E-state index < -0.39 is 0 Å². The van der Waals surface area contributed by atoms with Crippen molar-refractivity contribution in [2.45, 2.75) is 0 Å². The predicted molar refractivity (Wildman–Crippen MR) is 250 cm³/mol. The Hall–Kier alpha value is -8.01. The van der Waals surface area contributed by atoms with E-state index in [9.17, 15) is 0 Å². The monoisotopic (exact) mass is 763 g/mol. The molecule has 11 aromatic rings. The van der Waals surface area contributed by atoms with Crippen molar-refractivity contribution in [2.75, 3.05) is 0 Å². The van der Waals surface area contributed by atoms with E-state index in [0.717, 1.165) is 33.4 Å². The zero-order valence-corrected chi connectivity index (χ0v) is 32.7. The topological polar surface area (TPSA) is 38.7 Å². The third kappa shape index (κ3) is 6.39. The van der Waals surface area contributed by atoms with Crippen LogP contribution in [0.2, 0.25) is 0 Å². The molecule has 0 bridgehead atoms. The van der Waals surface area contributed by atoms with Crippen molar-refractivity contribution in [3.05, 3.63) is 224 Å². The fourth-order valence-corrected chi connectivity index (χ4v) is 8.62. The summed E-state index contributed by atoms with van der Waals surface area (Å²) >= 11 is 0. The van der Waals surface area contributed by atoms with Gasteiger partial charge in [0.05, 0.1) is 0 Å². The van der Waals surface area contributed by atoms with Gasteiger partial charge in [-0.25, -0.2) is 15.0 Å². The molecule has 0 saturated carbocycles. The van der Waals surface area contributed by atoms with Crippen LogP contribution >= 0.6 is 0 Å². The Morgan fingerprint density at radius 2 is 0.600 bits per heavy atom. The number of fused-ring (bicyclic) bond motifs is 3. The molecule has 280 valence electrons. The molecule has 0 unspecified atom stereocenters. The second-order valence-corrected chi connectivity index (χ2v) is 15.1. The molecule has 10 aromatic carbocycles. The molecule has 0 aliphatic heterocycles. The summed E-state index contributed by atoms with van der Waals surface area (Å²) in [6.07, 6.45) is 0. The minimum atomic E-state index is 0.630. The summed E-state index contributed by atoms with van der Waals surface area (Å²) in [4.78, 5) is 15.3. The van der Waals surface area contributed by atoms with Crippen LogP contribution in [-0.4, -0.2) is 15.0 Å². The van der Waals surface area contributed by atoms with Gasteiger partial charge in [-0.1, -0.05) is 218 Å². The van der Waals surface area contributed by atoms with Crippen molar-refractivity contribution in [2.24, 2.45) is 0 Å². The quantitative estimate of drug-likeness (QED) is 0.152. The molecule has 0 saturated heterocycles. The van der Waals surface area contributed by atoms with E-state index in [1.54, 1.807) is 0 Å². The fraction of sp³-hybridized carbons (Fsp3) is 0. The highest BCUT2D eigenvalue weighted by atomic mass is 15.0. The molecule has 0 fully saturated rings. The zero-order chi connectivity index (χ0) is 39.8. The molecule has 0 atom stereocenters. The van der Waals surface area contributed by atoms with Crippen LogP contribution in [0.3, 0.4) is 0 Å². The van der Waals surface area contributed by atoms with Crippen LogP contribution < -0.4 is 0 Å². The average Bonchev–Trinajstić information content (AvgIpc) is 3.33. The minimum Gasteiger partial charge on any atom is -0.208 e. The van der Waals surface area contributed by atoms with Crippen molar-refractivity contribution < 1.29 is 0 Å². The molecule has 3 heteroatoms. The number of benzene rings is 10. The Bertz CT molecular complexity index is 3280. The second kappa shape index (κ2) is 15.1. The lowest BCUT2D eigenvalue weighted by molar-refractivity contribution is 1.07. The number of aromatic nitrogens is 3. The molecule has 0 spiro atoms. The first-order valence-corrected chi connectivity index (χ1v) is 20.4. The van der Waals surface area contributed by atoms with E-state index in [1.165, 1.54) is 60.1 Å². The normalized spacial score (nSPS) is 11.3. The zero-order valence-electron chi connectivity index (χ0n) is 32.7. The number of hydrogen-bond acceptors (Lipinski definition) is 3. The Morgan fingerprint density at radius 1 is 0.217 bits per heavy atom. The van der Waals surface area contributed by atoms with Crippen LogP contribution in [0.15, 0.2) is 224 Å². The van der Waals surface area contributed by atoms with Gasteiger partial charge in [-0.2, -0.15) is 0 Å². The Kier molecular flexibility index (Phi) is 8.83. The Labute approximate surface area is 349 Å². The summed E-state index contributed by atoms with van der Waals surface area (Å²) in [5, 5.41) is 7.37. The highest BCUT2D eigenvalue weighted by Gasteiger charge is 2.19. The molecule has 0 aliphatic carbocycles. The molecule has 1 heterocycles. The Morgan fingerprint density at radius 3 is 1.17 bits per heavy atom. The van der Waals surface area contributed by atoms with Gasteiger partial charge in [-0.3, -0.25) is 0 Å². The Balaban J connectivity index is 1.01. The molecule has 11 rings (SSSR count). The van der Waals surface area contributed by atoms with Crippen LogP contribution in [0.5, 0.6) is 0 Å². The van der Waals surface area contributed by atoms with Gasteiger partial charge in [0.15, 0.2) is 17.5 Å². The van der Waals surface area contributed by atoms with Crippen LogP contribution in [0, 0.1) is 0 Å². The van der Waals surface area contributed by atoms with Gasteiger partial charge < -0.3 is 0 Å². The molecule has 0 N–H and O–H groups in total. The van der Waals surface area contributed by atoms with E-state index >= 15 is 0 Å². The second-order valence-electron chi connectivity index (χ2n) is 15.1. The first kappa shape index (κ1) is 35.2. The molecule has 0 aliphatic rings. The van der Waals surface area contributed by atoms with Gasteiger partial charge in [-0.15, -0.1) is 0 Å². The van der Waals surface area contributed by atoms with E-state index in [2.05, 4.69) is 182 Å². The molecular weight excluding hydrogens is 727 g/mol. The van der Waals surface area contributed by atoms with E-state index in [-0.39, 0.29) is 0 Å². The average molecular weight is 764 g/mol. The van der Waals surface area contributed by atoms with E-state index in [4.69, 9.17) is 15.0 Å². The van der Waals surface area contributed by atoms with Crippen LogP contribution in [0.4, 0.5) is 0 Å². The lowest BCUT2D eigenvalue weighted by atomic mass is 9.85. The van der Waals surface area contributed by atoms with Crippen molar-refractivity contribution in [1.29, 1.82) is 0 Å². The van der Waals surface area contributed by atoms with Gasteiger partial charge in [0.1, 0.15) is 0 Å². The van der Waals surface area contributed by atoms with Gasteiger partial charge >= 0.3 is 0 Å². The maximum Gasteiger partial charge on any atom is 0.164 e. The van der Waals surface area contributed by atoms with Crippen molar-refractivity contribution >= 4 is 32.3 Å². The summed E-state index contributed by atoms with van der Waals surface area (Å²) in [7, 11) is 0. The number of nitrogens with zero attached hydrogens (tertiary/aromatic N) is 3.